The zero-order valence-corrected chi connectivity index (χ0v) is 19.9. The molecule has 1 atom stereocenters. The molecule has 174 valence electrons. The number of rotatable bonds is 12. The minimum absolute atomic E-state index is 0.130. The Bertz CT molecular complexity index is 847. The molecule has 6 nitrogen and oxygen atoms in total. The molecule has 32 heavy (non-hydrogen) atoms. The van der Waals surface area contributed by atoms with Gasteiger partial charge < -0.3 is 19.7 Å². The van der Waals surface area contributed by atoms with Crippen LogP contribution < -0.4 is 14.8 Å². The molecule has 2 aromatic carbocycles. The summed E-state index contributed by atoms with van der Waals surface area (Å²) < 4.78 is 11.0. The summed E-state index contributed by atoms with van der Waals surface area (Å²) in [5, 5.41) is 2.92. The van der Waals surface area contributed by atoms with Crippen molar-refractivity contribution in [3.8, 4) is 11.5 Å². The number of methoxy groups -OCH3 is 1. The molecule has 0 aromatic heterocycles. The van der Waals surface area contributed by atoms with Gasteiger partial charge in [0.15, 0.2) is 6.61 Å². The highest BCUT2D eigenvalue weighted by molar-refractivity contribution is 5.88. The third kappa shape index (κ3) is 7.29. The molecular formula is C26H36N2O4. The second-order valence-electron chi connectivity index (χ2n) is 8.10. The Labute approximate surface area is 191 Å². The highest BCUT2D eigenvalue weighted by Gasteiger charge is 2.28. The molecule has 0 aliphatic heterocycles. The van der Waals surface area contributed by atoms with E-state index in [1.807, 2.05) is 62.4 Å². The Morgan fingerprint density at radius 1 is 0.969 bits per heavy atom. The number of nitrogens with zero attached hydrogens (tertiary/aromatic N) is 1. The van der Waals surface area contributed by atoms with E-state index < -0.39 is 6.04 Å². The molecule has 0 unspecified atom stereocenters. The summed E-state index contributed by atoms with van der Waals surface area (Å²) in [6.45, 7) is 8.94. The monoisotopic (exact) mass is 440 g/mol. The lowest BCUT2D eigenvalue weighted by atomic mass is 10.0. The number of benzene rings is 2. The van der Waals surface area contributed by atoms with Crippen LogP contribution in [0.4, 0.5) is 0 Å². The number of carbonyl (C=O) groups excluding carboxylic acids is 2. The fraction of sp³-hybridized carbons (Fsp3) is 0.462. The molecule has 1 N–H and O–H groups in total. The topological polar surface area (TPSA) is 67.9 Å². The standard InChI is InChI=1S/C26H36N2O4/c1-6-16-27-26(30)24(7-2)28(17-20-8-12-22(31-5)13-9-20)25(29)18-32-23-14-10-21(11-15-23)19(3)4/h8-15,19,24H,6-7,16-18H2,1-5H3,(H,27,30)/t24-/m1/s1. The van der Waals surface area contributed by atoms with Gasteiger partial charge in [0, 0.05) is 13.1 Å². The van der Waals surface area contributed by atoms with E-state index in [1.54, 1.807) is 12.0 Å². The van der Waals surface area contributed by atoms with Crippen molar-refractivity contribution in [2.75, 3.05) is 20.3 Å². The molecule has 0 saturated heterocycles. The zero-order valence-electron chi connectivity index (χ0n) is 19.9. The van der Waals surface area contributed by atoms with Crippen molar-refractivity contribution in [1.82, 2.24) is 10.2 Å². The highest BCUT2D eigenvalue weighted by Crippen LogP contribution is 2.20. The molecule has 2 rings (SSSR count). The van der Waals surface area contributed by atoms with E-state index in [4.69, 9.17) is 9.47 Å². The van der Waals surface area contributed by atoms with Crippen molar-refractivity contribution in [3.63, 3.8) is 0 Å². The average molecular weight is 441 g/mol. The number of ether oxygens (including phenoxy) is 2. The molecule has 0 saturated carbocycles. The lowest BCUT2D eigenvalue weighted by Gasteiger charge is -2.30. The van der Waals surface area contributed by atoms with Gasteiger partial charge >= 0.3 is 0 Å². The van der Waals surface area contributed by atoms with Crippen molar-refractivity contribution in [2.24, 2.45) is 0 Å². The van der Waals surface area contributed by atoms with Gasteiger partial charge in [0.05, 0.1) is 7.11 Å². The maximum atomic E-state index is 13.2. The normalized spacial score (nSPS) is 11.7. The summed E-state index contributed by atoms with van der Waals surface area (Å²) in [4.78, 5) is 27.6. The van der Waals surface area contributed by atoms with Gasteiger partial charge in [0.1, 0.15) is 17.5 Å². The minimum atomic E-state index is -0.567. The third-order valence-corrected chi connectivity index (χ3v) is 5.36. The van der Waals surface area contributed by atoms with Gasteiger partial charge in [-0.15, -0.1) is 0 Å². The Hall–Kier alpha value is -3.02. The quantitative estimate of drug-likeness (QED) is 0.526. The SMILES string of the molecule is CCCNC(=O)[C@@H](CC)N(Cc1ccc(OC)cc1)C(=O)COc1ccc(C(C)C)cc1. The first kappa shape index (κ1) is 25.2. The van der Waals surface area contributed by atoms with Gasteiger partial charge in [-0.05, 0) is 54.2 Å². The van der Waals surface area contributed by atoms with E-state index in [9.17, 15) is 9.59 Å². The Balaban J connectivity index is 2.16. The second kappa shape index (κ2) is 12.7. The average Bonchev–Trinajstić information content (AvgIpc) is 2.81. The van der Waals surface area contributed by atoms with E-state index in [2.05, 4.69) is 19.2 Å². The molecule has 2 amide bonds. The fourth-order valence-electron chi connectivity index (χ4n) is 3.39. The van der Waals surface area contributed by atoms with Crippen LogP contribution in [0.3, 0.4) is 0 Å². The van der Waals surface area contributed by atoms with Crippen LogP contribution in [-0.4, -0.2) is 43.0 Å². The van der Waals surface area contributed by atoms with Crippen molar-refractivity contribution in [1.29, 1.82) is 0 Å². The van der Waals surface area contributed by atoms with Gasteiger partial charge in [-0.1, -0.05) is 52.0 Å². The Morgan fingerprint density at radius 3 is 2.12 bits per heavy atom. The zero-order chi connectivity index (χ0) is 23.5. The third-order valence-electron chi connectivity index (χ3n) is 5.36. The molecule has 0 aliphatic rings. The number of carbonyl (C=O) groups is 2. The largest absolute Gasteiger partial charge is 0.497 e. The predicted molar refractivity (Wildman–Crippen MR) is 127 cm³/mol. The predicted octanol–water partition coefficient (Wildman–Crippen LogP) is 4.53. The van der Waals surface area contributed by atoms with E-state index in [0.717, 1.165) is 17.7 Å². The molecule has 0 fully saturated rings. The van der Waals surface area contributed by atoms with Crippen LogP contribution in [0.5, 0.6) is 11.5 Å². The molecular weight excluding hydrogens is 404 g/mol. The molecule has 0 radical (unpaired) electrons. The first-order valence-electron chi connectivity index (χ1n) is 11.3. The fourth-order valence-corrected chi connectivity index (χ4v) is 3.39. The molecule has 0 bridgehead atoms. The van der Waals surface area contributed by atoms with Crippen LogP contribution in [0.2, 0.25) is 0 Å². The number of amides is 2. The van der Waals surface area contributed by atoms with Crippen LogP contribution in [0.25, 0.3) is 0 Å². The van der Waals surface area contributed by atoms with E-state index in [0.29, 0.717) is 31.2 Å². The number of nitrogens with one attached hydrogen (secondary N) is 1. The van der Waals surface area contributed by atoms with Crippen molar-refractivity contribution >= 4 is 11.8 Å². The molecule has 0 aliphatic carbocycles. The minimum Gasteiger partial charge on any atom is -0.497 e. The Morgan fingerprint density at radius 2 is 1.59 bits per heavy atom. The van der Waals surface area contributed by atoms with Crippen molar-refractivity contribution < 1.29 is 19.1 Å². The number of hydrogen-bond acceptors (Lipinski definition) is 4. The maximum Gasteiger partial charge on any atom is 0.261 e. The van der Waals surface area contributed by atoms with Crippen molar-refractivity contribution in [2.45, 2.75) is 59.0 Å². The summed E-state index contributed by atoms with van der Waals surface area (Å²) in [6.07, 6.45) is 1.35. The summed E-state index contributed by atoms with van der Waals surface area (Å²) in [5.41, 5.74) is 2.13. The smallest absolute Gasteiger partial charge is 0.261 e. The molecule has 0 spiro atoms. The van der Waals surface area contributed by atoms with Crippen molar-refractivity contribution in [3.05, 3.63) is 59.7 Å². The Kier molecular flexibility index (Phi) is 10.1. The first-order chi connectivity index (χ1) is 15.4. The van der Waals surface area contributed by atoms with Crippen LogP contribution in [0, 0.1) is 0 Å². The first-order valence-corrected chi connectivity index (χ1v) is 11.3. The van der Waals surface area contributed by atoms with E-state index in [1.165, 1.54) is 5.56 Å². The summed E-state index contributed by atoms with van der Waals surface area (Å²) >= 11 is 0. The lowest BCUT2D eigenvalue weighted by Crippen LogP contribution is -2.50. The summed E-state index contributed by atoms with van der Waals surface area (Å²) in [6, 6.07) is 14.7. The van der Waals surface area contributed by atoms with Gasteiger partial charge in [0.25, 0.3) is 5.91 Å². The summed E-state index contributed by atoms with van der Waals surface area (Å²) in [5.74, 6) is 1.44. The maximum absolute atomic E-state index is 13.2. The van der Waals surface area contributed by atoms with E-state index in [-0.39, 0.29) is 18.4 Å². The van der Waals surface area contributed by atoms with Gasteiger partial charge in [0.2, 0.25) is 5.91 Å². The van der Waals surface area contributed by atoms with Gasteiger partial charge in [-0.25, -0.2) is 0 Å². The van der Waals surface area contributed by atoms with Crippen LogP contribution in [-0.2, 0) is 16.1 Å². The van der Waals surface area contributed by atoms with Gasteiger partial charge in [-0.2, -0.15) is 0 Å². The van der Waals surface area contributed by atoms with Crippen LogP contribution in [0.1, 0.15) is 57.6 Å². The molecule has 0 heterocycles. The van der Waals surface area contributed by atoms with Crippen LogP contribution >= 0.6 is 0 Å². The highest BCUT2D eigenvalue weighted by atomic mass is 16.5. The lowest BCUT2D eigenvalue weighted by molar-refractivity contribution is -0.143. The van der Waals surface area contributed by atoms with Crippen LogP contribution in [0.15, 0.2) is 48.5 Å². The number of hydrogen-bond donors (Lipinski definition) is 1. The second-order valence-corrected chi connectivity index (χ2v) is 8.10. The summed E-state index contributed by atoms with van der Waals surface area (Å²) in [7, 11) is 1.61. The molecule has 6 heteroatoms. The van der Waals surface area contributed by atoms with Gasteiger partial charge in [-0.3, -0.25) is 9.59 Å². The van der Waals surface area contributed by atoms with E-state index >= 15 is 0 Å². The molecule has 2 aromatic rings.